The third-order valence-corrected chi connectivity index (χ3v) is 3.44. The van der Waals surface area contributed by atoms with Gasteiger partial charge in [0.1, 0.15) is 11.6 Å². The Bertz CT molecular complexity index is 552. The van der Waals surface area contributed by atoms with Crippen molar-refractivity contribution in [2.45, 2.75) is 12.6 Å². The van der Waals surface area contributed by atoms with Crippen LogP contribution in [0.25, 0.3) is 0 Å². The van der Waals surface area contributed by atoms with Crippen LogP contribution in [0.1, 0.15) is 11.1 Å². The Kier molecular flexibility index (Phi) is 4.49. The van der Waals surface area contributed by atoms with E-state index in [1.807, 2.05) is 16.8 Å². The van der Waals surface area contributed by atoms with Crippen LogP contribution in [0, 0.1) is 0 Å². The number of nitrogens with zero attached hydrogens (tertiary/aromatic N) is 1. The lowest BCUT2D eigenvalue weighted by atomic mass is 10.2. The number of halogens is 3. The molecule has 0 unspecified atom stereocenters. The molecule has 0 saturated heterocycles. The Balaban J connectivity index is 2.06. The molecule has 2 heterocycles. The number of aromatic nitrogens is 1. The van der Waals surface area contributed by atoms with E-state index in [0.29, 0.717) is 6.54 Å². The third-order valence-electron chi connectivity index (χ3n) is 2.71. The van der Waals surface area contributed by atoms with Crippen LogP contribution in [0.4, 0.5) is 24.8 Å². The molecule has 108 valence electrons. The molecule has 2 aromatic heterocycles. The standard InChI is InChI=1S/C13H14F3N3S/c1-17-11-6-10(13(14,15)16)7-12(19-11)18-4-2-9-3-5-20-8-9/h3,5-8H,2,4H2,1H3,(H2,17,18,19). The zero-order valence-corrected chi connectivity index (χ0v) is 11.6. The molecule has 0 fully saturated rings. The van der Waals surface area contributed by atoms with Crippen LogP contribution in [0.3, 0.4) is 0 Å². The second kappa shape index (κ2) is 6.13. The molecule has 2 rings (SSSR count). The SMILES string of the molecule is CNc1cc(C(F)(F)F)cc(NCCc2ccsc2)n1. The lowest BCUT2D eigenvalue weighted by Gasteiger charge is -2.12. The van der Waals surface area contributed by atoms with E-state index < -0.39 is 11.7 Å². The lowest BCUT2D eigenvalue weighted by molar-refractivity contribution is -0.137. The number of rotatable bonds is 5. The zero-order valence-electron chi connectivity index (χ0n) is 10.8. The molecule has 0 atom stereocenters. The van der Waals surface area contributed by atoms with Gasteiger partial charge in [-0.2, -0.15) is 24.5 Å². The Morgan fingerprint density at radius 1 is 1.25 bits per heavy atom. The summed E-state index contributed by atoms with van der Waals surface area (Å²) in [4.78, 5) is 4.06. The van der Waals surface area contributed by atoms with E-state index in [1.54, 1.807) is 11.3 Å². The summed E-state index contributed by atoms with van der Waals surface area (Å²) in [5.74, 6) is 0.414. The fraction of sp³-hybridized carbons (Fsp3) is 0.308. The first-order valence-electron chi connectivity index (χ1n) is 6.01. The normalized spacial score (nSPS) is 11.4. The minimum Gasteiger partial charge on any atom is -0.373 e. The Morgan fingerprint density at radius 2 is 2.00 bits per heavy atom. The quantitative estimate of drug-likeness (QED) is 0.880. The molecule has 3 nitrogen and oxygen atoms in total. The number of hydrogen-bond donors (Lipinski definition) is 2. The number of nitrogens with one attached hydrogen (secondary N) is 2. The molecule has 0 bridgehead atoms. The second-order valence-corrected chi connectivity index (χ2v) is 4.96. The number of alkyl halides is 3. The van der Waals surface area contributed by atoms with Crippen molar-refractivity contribution >= 4 is 23.0 Å². The first kappa shape index (κ1) is 14.6. The van der Waals surface area contributed by atoms with Gasteiger partial charge < -0.3 is 10.6 Å². The van der Waals surface area contributed by atoms with Crippen LogP contribution >= 0.6 is 11.3 Å². The Morgan fingerprint density at radius 3 is 2.60 bits per heavy atom. The number of hydrogen-bond acceptors (Lipinski definition) is 4. The van der Waals surface area contributed by atoms with Crippen LogP contribution in [0.5, 0.6) is 0 Å². The minimum absolute atomic E-state index is 0.192. The van der Waals surface area contributed by atoms with Crippen molar-refractivity contribution in [1.29, 1.82) is 0 Å². The summed E-state index contributed by atoms with van der Waals surface area (Å²) in [7, 11) is 1.54. The van der Waals surface area contributed by atoms with E-state index in [1.165, 1.54) is 7.05 Å². The van der Waals surface area contributed by atoms with Gasteiger partial charge in [0.2, 0.25) is 0 Å². The van der Waals surface area contributed by atoms with E-state index in [0.717, 1.165) is 24.1 Å². The summed E-state index contributed by atoms with van der Waals surface area (Å²) in [6.07, 6.45) is -3.63. The highest BCUT2D eigenvalue weighted by Crippen LogP contribution is 2.31. The van der Waals surface area contributed by atoms with Crippen molar-refractivity contribution in [3.63, 3.8) is 0 Å². The highest BCUT2D eigenvalue weighted by molar-refractivity contribution is 7.07. The molecule has 0 aliphatic heterocycles. The van der Waals surface area contributed by atoms with Gasteiger partial charge in [-0.15, -0.1) is 0 Å². The van der Waals surface area contributed by atoms with Crippen molar-refractivity contribution in [3.05, 3.63) is 40.1 Å². The molecule has 0 radical (unpaired) electrons. The van der Waals surface area contributed by atoms with Crippen molar-refractivity contribution in [2.75, 3.05) is 24.2 Å². The van der Waals surface area contributed by atoms with Crippen LogP contribution in [0.2, 0.25) is 0 Å². The highest BCUT2D eigenvalue weighted by Gasteiger charge is 2.31. The first-order valence-corrected chi connectivity index (χ1v) is 6.95. The van der Waals surface area contributed by atoms with Gasteiger partial charge in [-0.1, -0.05) is 0 Å². The molecule has 0 amide bonds. The fourth-order valence-electron chi connectivity index (χ4n) is 1.68. The van der Waals surface area contributed by atoms with Gasteiger partial charge >= 0.3 is 6.18 Å². The van der Waals surface area contributed by atoms with E-state index in [2.05, 4.69) is 15.6 Å². The maximum Gasteiger partial charge on any atom is 0.416 e. The van der Waals surface area contributed by atoms with E-state index in [-0.39, 0.29) is 11.6 Å². The Labute approximate surface area is 118 Å². The topological polar surface area (TPSA) is 37.0 Å². The van der Waals surface area contributed by atoms with Gasteiger partial charge in [0.15, 0.2) is 0 Å². The molecule has 2 N–H and O–H groups in total. The highest BCUT2D eigenvalue weighted by atomic mass is 32.1. The van der Waals surface area contributed by atoms with E-state index in [4.69, 9.17) is 0 Å². The van der Waals surface area contributed by atoms with Crippen molar-refractivity contribution in [2.24, 2.45) is 0 Å². The second-order valence-electron chi connectivity index (χ2n) is 4.18. The third kappa shape index (κ3) is 3.86. The number of thiophene rings is 1. The van der Waals surface area contributed by atoms with E-state index in [9.17, 15) is 13.2 Å². The average Bonchev–Trinajstić information content (AvgIpc) is 2.90. The molecule has 0 spiro atoms. The van der Waals surface area contributed by atoms with E-state index >= 15 is 0 Å². The number of pyridine rings is 1. The molecule has 7 heteroatoms. The van der Waals surface area contributed by atoms with Crippen LogP contribution in [-0.4, -0.2) is 18.6 Å². The average molecular weight is 301 g/mol. The maximum absolute atomic E-state index is 12.7. The maximum atomic E-state index is 12.7. The monoisotopic (exact) mass is 301 g/mol. The largest absolute Gasteiger partial charge is 0.416 e. The smallest absolute Gasteiger partial charge is 0.373 e. The van der Waals surface area contributed by atoms with Crippen molar-refractivity contribution in [1.82, 2.24) is 4.98 Å². The summed E-state index contributed by atoms with van der Waals surface area (Å²) >= 11 is 1.60. The predicted octanol–water partition coefficient (Wildman–Crippen LogP) is 3.86. The predicted molar refractivity (Wildman–Crippen MR) is 75.3 cm³/mol. The minimum atomic E-state index is -4.38. The molecule has 20 heavy (non-hydrogen) atoms. The molecule has 0 aromatic carbocycles. The summed E-state index contributed by atoms with van der Waals surface area (Å²) in [5.41, 5.74) is 0.443. The van der Waals surface area contributed by atoms with Gasteiger partial charge in [0.25, 0.3) is 0 Å². The summed E-state index contributed by atoms with van der Waals surface area (Å²) in [6, 6.07) is 4.00. The van der Waals surface area contributed by atoms with Crippen molar-refractivity contribution in [3.8, 4) is 0 Å². The summed E-state index contributed by atoms with van der Waals surface area (Å²) < 4.78 is 38.2. The van der Waals surface area contributed by atoms with Gasteiger partial charge in [-0.05, 0) is 40.9 Å². The Hall–Kier alpha value is -1.76. The van der Waals surface area contributed by atoms with Crippen LogP contribution < -0.4 is 10.6 Å². The van der Waals surface area contributed by atoms with Gasteiger partial charge in [0.05, 0.1) is 5.56 Å². The van der Waals surface area contributed by atoms with Crippen LogP contribution in [0.15, 0.2) is 29.0 Å². The first-order chi connectivity index (χ1) is 9.49. The summed E-state index contributed by atoms with van der Waals surface area (Å²) in [6.45, 7) is 0.536. The van der Waals surface area contributed by atoms with Gasteiger partial charge in [-0.3, -0.25) is 0 Å². The number of anilines is 2. The molecule has 0 saturated carbocycles. The molecular formula is C13H14F3N3S. The molecular weight excluding hydrogens is 287 g/mol. The lowest BCUT2D eigenvalue weighted by Crippen LogP contribution is -2.11. The van der Waals surface area contributed by atoms with Crippen molar-refractivity contribution < 1.29 is 13.2 Å². The van der Waals surface area contributed by atoms with Gasteiger partial charge in [-0.25, -0.2) is 4.98 Å². The van der Waals surface area contributed by atoms with Crippen LogP contribution in [-0.2, 0) is 12.6 Å². The summed E-state index contributed by atoms with van der Waals surface area (Å²) in [5, 5.41) is 9.54. The molecule has 0 aliphatic rings. The van der Waals surface area contributed by atoms with Gasteiger partial charge in [0, 0.05) is 13.6 Å². The fourth-order valence-corrected chi connectivity index (χ4v) is 2.39. The molecule has 0 aliphatic carbocycles. The zero-order chi connectivity index (χ0) is 14.6. The molecule has 2 aromatic rings.